The van der Waals surface area contributed by atoms with Crippen LogP contribution in [0.1, 0.15) is 11.1 Å². The Morgan fingerprint density at radius 3 is 2.65 bits per heavy atom. The standard InChI is InChI=1S/C15H16N4O3S/c1-9-8-14(10(2)7-13(9)22-3)23(20,21)18-12-6-4-5-11-15(12)17-19-16-11/h4-8,18H,1-3H3,(H,16,17,19). The zero-order valence-electron chi connectivity index (χ0n) is 12.9. The van der Waals surface area contributed by atoms with Gasteiger partial charge < -0.3 is 4.74 Å². The Labute approximate surface area is 133 Å². The van der Waals surface area contributed by atoms with E-state index in [0.29, 0.717) is 28.0 Å². The summed E-state index contributed by atoms with van der Waals surface area (Å²) in [4.78, 5) is 0.205. The predicted octanol–water partition coefficient (Wildman–Crippen LogP) is 2.38. The average molecular weight is 332 g/mol. The zero-order valence-corrected chi connectivity index (χ0v) is 13.7. The van der Waals surface area contributed by atoms with Crippen molar-refractivity contribution >= 4 is 26.7 Å². The Morgan fingerprint density at radius 2 is 1.91 bits per heavy atom. The molecule has 2 N–H and O–H groups in total. The summed E-state index contributed by atoms with van der Waals surface area (Å²) in [7, 11) is -2.19. The second-order valence-electron chi connectivity index (χ2n) is 5.19. The van der Waals surface area contributed by atoms with E-state index in [9.17, 15) is 8.42 Å². The zero-order chi connectivity index (χ0) is 16.6. The molecule has 0 bridgehead atoms. The van der Waals surface area contributed by atoms with Gasteiger partial charge in [0.15, 0.2) is 0 Å². The number of sulfonamides is 1. The van der Waals surface area contributed by atoms with Gasteiger partial charge >= 0.3 is 0 Å². The third-order valence-corrected chi connectivity index (χ3v) is 5.08. The Kier molecular flexibility index (Phi) is 3.69. The minimum absolute atomic E-state index is 0.205. The van der Waals surface area contributed by atoms with E-state index in [4.69, 9.17) is 4.74 Å². The Bertz CT molecular complexity index is 980. The molecule has 23 heavy (non-hydrogen) atoms. The summed E-state index contributed by atoms with van der Waals surface area (Å²) in [5, 5.41) is 10.4. The third kappa shape index (κ3) is 2.72. The minimum Gasteiger partial charge on any atom is -0.496 e. The summed E-state index contributed by atoms with van der Waals surface area (Å²) in [5.41, 5.74) is 2.79. The molecular weight excluding hydrogens is 316 g/mol. The van der Waals surface area contributed by atoms with Crippen molar-refractivity contribution in [2.24, 2.45) is 0 Å². The van der Waals surface area contributed by atoms with Gasteiger partial charge in [-0.15, -0.1) is 0 Å². The number of aromatic amines is 1. The van der Waals surface area contributed by atoms with Gasteiger partial charge in [0.05, 0.1) is 17.7 Å². The SMILES string of the molecule is COc1cc(C)c(S(=O)(=O)Nc2cccc3n[nH]nc23)cc1C. The van der Waals surface area contributed by atoms with Gasteiger partial charge in [-0.25, -0.2) is 8.42 Å². The third-order valence-electron chi connectivity index (χ3n) is 3.57. The lowest BCUT2D eigenvalue weighted by molar-refractivity contribution is 0.411. The molecular formula is C15H16N4O3S. The van der Waals surface area contributed by atoms with Crippen molar-refractivity contribution < 1.29 is 13.2 Å². The van der Waals surface area contributed by atoms with E-state index in [1.807, 2.05) is 0 Å². The van der Waals surface area contributed by atoms with Crippen LogP contribution in [-0.2, 0) is 10.0 Å². The number of rotatable bonds is 4. The highest BCUT2D eigenvalue weighted by molar-refractivity contribution is 7.92. The molecule has 3 aromatic rings. The van der Waals surface area contributed by atoms with Crippen LogP contribution in [-0.4, -0.2) is 30.9 Å². The van der Waals surface area contributed by atoms with E-state index >= 15 is 0 Å². The number of methoxy groups -OCH3 is 1. The molecule has 0 aliphatic carbocycles. The summed E-state index contributed by atoms with van der Waals surface area (Å²) in [6, 6.07) is 8.42. The molecule has 0 unspecified atom stereocenters. The smallest absolute Gasteiger partial charge is 0.262 e. The van der Waals surface area contributed by atoms with Crippen LogP contribution in [0.25, 0.3) is 11.0 Å². The lowest BCUT2D eigenvalue weighted by atomic mass is 10.1. The molecule has 0 fully saturated rings. The first-order valence-electron chi connectivity index (χ1n) is 6.90. The van der Waals surface area contributed by atoms with Crippen molar-refractivity contribution in [1.29, 1.82) is 0 Å². The number of hydrogen-bond donors (Lipinski definition) is 2. The molecule has 7 nitrogen and oxygen atoms in total. The van der Waals surface area contributed by atoms with Gasteiger partial charge in [0.25, 0.3) is 10.0 Å². The number of nitrogens with zero attached hydrogens (tertiary/aromatic N) is 2. The Hall–Kier alpha value is -2.61. The fraction of sp³-hybridized carbons (Fsp3) is 0.200. The molecule has 0 amide bonds. The van der Waals surface area contributed by atoms with Gasteiger partial charge in [-0.2, -0.15) is 15.4 Å². The highest BCUT2D eigenvalue weighted by Gasteiger charge is 2.20. The molecule has 2 aromatic carbocycles. The van der Waals surface area contributed by atoms with Crippen molar-refractivity contribution in [3.05, 3.63) is 41.5 Å². The van der Waals surface area contributed by atoms with Crippen LogP contribution in [0.4, 0.5) is 5.69 Å². The van der Waals surface area contributed by atoms with Crippen molar-refractivity contribution in [3.63, 3.8) is 0 Å². The van der Waals surface area contributed by atoms with E-state index in [-0.39, 0.29) is 4.90 Å². The first-order chi connectivity index (χ1) is 10.9. The fourth-order valence-corrected chi connectivity index (χ4v) is 3.80. The summed E-state index contributed by atoms with van der Waals surface area (Å²) < 4.78 is 33.3. The van der Waals surface area contributed by atoms with Crippen LogP contribution in [0.3, 0.4) is 0 Å². The first-order valence-corrected chi connectivity index (χ1v) is 8.38. The monoisotopic (exact) mass is 332 g/mol. The van der Waals surface area contributed by atoms with E-state index in [2.05, 4.69) is 20.1 Å². The molecule has 0 radical (unpaired) electrons. The number of ether oxygens (including phenoxy) is 1. The molecule has 8 heteroatoms. The second kappa shape index (κ2) is 5.54. The fourth-order valence-electron chi connectivity index (χ4n) is 2.42. The normalized spacial score (nSPS) is 11.6. The number of para-hydroxylation sites is 1. The lowest BCUT2D eigenvalue weighted by Crippen LogP contribution is -2.15. The van der Waals surface area contributed by atoms with Gasteiger partial charge in [0.2, 0.25) is 0 Å². The molecule has 0 spiro atoms. The van der Waals surface area contributed by atoms with E-state index < -0.39 is 10.0 Å². The van der Waals surface area contributed by atoms with E-state index in [0.717, 1.165) is 5.56 Å². The minimum atomic E-state index is -3.75. The largest absolute Gasteiger partial charge is 0.496 e. The molecule has 3 rings (SSSR count). The quantitative estimate of drug-likeness (QED) is 0.764. The van der Waals surface area contributed by atoms with Crippen LogP contribution >= 0.6 is 0 Å². The van der Waals surface area contributed by atoms with Gasteiger partial charge in [0.1, 0.15) is 16.8 Å². The van der Waals surface area contributed by atoms with Crippen molar-refractivity contribution in [2.75, 3.05) is 11.8 Å². The molecule has 0 aliphatic rings. The summed E-state index contributed by atoms with van der Waals surface area (Å²) in [6.45, 7) is 3.53. The molecule has 1 aromatic heterocycles. The number of hydrogen-bond acceptors (Lipinski definition) is 5. The maximum Gasteiger partial charge on any atom is 0.262 e. The van der Waals surface area contributed by atoms with Gasteiger partial charge in [0, 0.05) is 0 Å². The predicted molar refractivity (Wildman–Crippen MR) is 87.2 cm³/mol. The Balaban J connectivity index is 2.06. The van der Waals surface area contributed by atoms with Gasteiger partial charge in [-0.1, -0.05) is 6.07 Å². The van der Waals surface area contributed by atoms with Crippen molar-refractivity contribution in [3.8, 4) is 5.75 Å². The second-order valence-corrected chi connectivity index (χ2v) is 6.84. The molecule has 1 heterocycles. The van der Waals surface area contributed by atoms with Gasteiger partial charge in [-0.3, -0.25) is 4.72 Å². The van der Waals surface area contributed by atoms with Crippen LogP contribution in [0.2, 0.25) is 0 Å². The Morgan fingerprint density at radius 1 is 1.13 bits per heavy atom. The molecule has 0 saturated carbocycles. The highest BCUT2D eigenvalue weighted by Crippen LogP contribution is 2.28. The molecule has 120 valence electrons. The molecule has 0 atom stereocenters. The van der Waals surface area contributed by atoms with Crippen LogP contribution in [0, 0.1) is 13.8 Å². The summed E-state index contributed by atoms with van der Waals surface area (Å²) >= 11 is 0. The van der Waals surface area contributed by atoms with Crippen LogP contribution < -0.4 is 9.46 Å². The number of nitrogens with one attached hydrogen (secondary N) is 2. The van der Waals surface area contributed by atoms with Crippen LogP contribution in [0.5, 0.6) is 5.75 Å². The van der Waals surface area contributed by atoms with Crippen molar-refractivity contribution in [2.45, 2.75) is 18.7 Å². The summed E-state index contributed by atoms with van der Waals surface area (Å²) in [5.74, 6) is 0.653. The highest BCUT2D eigenvalue weighted by atomic mass is 32.2. The first kappa shape index (κ1) is 15.3. The number of fused-ring (bicyclic) bond motifs is 1. The van der Waals surface area contributed by atoms with Crippen LogP contribution in [0.15, 0.2) is 35.2 Å². The number of anilines is 1. The van der Waals surface area contributed by atoms with E-state index in [1.54, 1.807) is 51.3 Å². The van der Waals surface area contributed by atoms with Gasteiger partial charge in [-0.05, 0) is 49.2 Å². The lowest BCUT2D eigenvalue weighted by Gasteiger charge is -2.13. The molecule has 0 aliphatic heterocycles. The number of H-pyrrole nitrogens is 1. The topological polar surface area (TPSA) is 97.0 Å². The number of aromatic nitrogens is 3. The average Bonchev–Trinajstić information content (AvgIpc) is 2.98. The maximum atomic E-state index is 12.7. The van der Waals surface area contributed by atoms with E-state index in [1.165, 1.54) is 0 Å². The summed E-state index contributed by atoms with van der Waals surface area (Å²) in [6.07, 6.45) is 0. The van der Waals surface area contributed by atoms with Crippen molar-refractivity contribution in [1.82, 2.24) is 15.4 Å². The number of benzene rings is 2. The maximum absolute atomic E-state index is 12.7. The molecule has 0 saturated heterocycles. The number of aryl methyl sites for hydroxylation is 2.